The Balaban J connectivity index is 1.43. The van der Waals surface area contributed by atoms with Crippen LogP contribution in [0.3, 0.4) is 0 Å². The number of benzene rings is 1. The van der Waals surface area contributed by atoms with Crippen molar-refractivity contribution in [3.63, 3.8) is 0 Å². The lowest BCUT2D eigenvalue weighted by Gasteiger charge is -2.31. The molecule has 1 aromatic carbocycles. The van der Waals surface area contributed by atoms with Crippen LogP contribution in [0.1, 0.15) is 67.7 Å². The quantitative estimate of drug-likeness (QED) is 0.402. The summed E-state index contributed by atoms with van der Waals surface area (Å²) in [4.78, 5) is 12.0. The number of rotatable bonds is 13. The highest BCUT2D eigenvalue weighted by Crippen LogP contribution is 2.32. The van der Waals surface area contributed by atoms with E-state index >= 15 is 0 Å². The maximum atomic E-state index is 10.9. The summed E-state index contributed by atoms with van der Waals surface area (Å²) in [5, 5.41) is 25.0. The molecule has 2 aromatic rings. The number of aliphatic carboxylic acids is 1. The van der Waals surface area contributed by atoms with Gasteiger partial charge in [-0.3, -0.25) is 4.79 Å². The van der Waals surface area contributed by atoms with Gasteiger partial charge in [0.15, 0.2) is 0 Å². The molecule has 3 N–H and O–H groups in total. The molecule has 0 amide bonds. The van der Waals surface area contributed by atoms with Crippen LogP contribution in [-0.2, 0) is 28.8 Å². The number of carboxylic acid groups (broad SMARTS) is 1. The molecule has 0 saturated carbocycles. The molecule has 0 aliphatic heterocycles. The predicted octanol–water partition coefficient (Wildman–Crippen LogP) is 4.77. The van der Waals surface area contributed by atoms with Gasteiger partial charge in [0.1, 0.15) is 0 Å². The van der Waals surface area contributed by atoms with Gasteiger partial charge in [0.05, 0.1) is 18.8 Å². The highest BCUT2D eigenvalue weighted by molar-refractivity contribution is 7.10. The number of β-amino-alcohol motifs (C(OH)–C–C–N with tert-alkyl or cyclic N) is 1. The molecule has 0 radical (unpaired) electrons. The molecule has 176 valence electrons. The molecular weight excluding hydrogens is 422 g/mol. The Bertz CT molecular complexity index is 853. The number of fused-ring (bicyclic) bond motifs is 1. The zero-order valence-corrected chi connectivity index (χ0v) is 20.3. The highest BCUT2D eigenvalue weighted by Gasteiger charge is 2.28. The minimum atomic E-state index is -0.790. The molecule has 1 aliphatic carbocycles. The van der Waals surface area contributed by atoms with Gasteiger partial charge in [-0.15, -0.1) is 11.3 Å². The van der Waals surface area contributed by atoms with Crippen LogP contribution < -0.4 is 5.32 Å². The standard InChI is InChI=1S/C26H37NO4S/c1-4-23(25-19(11-12-32-25)9-10-24(29)30)31-17-22(28)16-27-26(2,3)15-18-13-20-7-5-6-8-21(20)14-18/h5-8,11-12,18,22-23,27-28H,4,9-10,13-17H2,1-3H3,(H,29,30)/t22-,23?/m1/s1. The average molecular weight is 460 g/mol. The van der Waals surface area contributed by atoms with Gasteiger partial charge in [0.25, 0.3) is 0 Å². The number of aliphatic hydroxyl groups is 1. The molecule has 1 unspecified atom stereocenters. The number of ether oxygens (including phenoxy) is 1. The van der Waals surface area contributed by atoms with Crippen LogP contribution in [0.15, 0.2) is 35.7 Å². The van der Waals surface area contributed by atoms with Crippen molar-refractivity contribution in [2.45, 2.75) is 77.0 Å². The van der Waals surface area contributed by atoms with E-state index in [2.05, 4.69) is 50.4 Å². The summed E-state index contributed by atoms with van der Waals surface area (Å²) in [5.74, 6) is -0.155. The van der Waals surface area contributed by atoms with Crippen LogP contribution in [-0.4, -0.2) is 41.0 Å². The maximum absolute atomic E-state index is 10.9. The molecule has 32 heavy (non-hydrogen) atoms. The first-order valence-electron chi connectivity index (χ1n) is 11.7. The molecule has 0 saturated heterocycles. The van der Waals surface area contributed by atoms with E-state index in [1.807, 2.05) is 11.4 Å². The van der Waals surface area contributed by atoms with E-state index in [1.165, 1.54) is 11.1 Å². The fourth-order valence-electron chi connectivity index (χ4n) is 4.73. The fourth-order valence-corrected chi connectivity index (χ4v) is 5.81. The second kappa shape index (κ2) is 11.4. The first-order chi connectivity index (χ1) is 15.3. The Morgan fingerprint density at radius 1 is 1.25 bits per heavy atom. The van der Waals surface area contributed by atoms with Crippen molar-refractivity contribution in [3.8, 4) is 0 Å². The zero-order valence-electron chi connectivity index (χ0n) is 19.5. The Morgan fingerprint density at radius 3 is 2.56 bits per heavy atom. The number of aliphatic hydroxyl groups excluding tert-OH is 1. The lowest BCUT2D eigenvalue weighted by Crippen LogP contribution is -2.45. The fraction of sp³-hybridized carbons (Fsp3) is 0.577. The summed E-state index contributed by atoms with van der Waals surface area (Å²) in [7, 11) is 0. The van der Waals surface area contributed by atoms with Crippen molar-refractivity contribution in [1.29, 1.82) is 0 Å². The van der Waals surface area contributed by atoms with E-state index in [-0.39, 0.29) is 24.7 Å². The van der Waals surface area contributed by atoms with Crippen LogP contribution in [0.2, 0.25) is 0 Å². The van der Waals surface area contributed by atoms with Gasteiger partial charge < -0.3 is 20.3 Å². The minimum Gasteiger partial charge on any atom is -0.481 e. The Morgan fingerprint density at radius 2 is 1.94 bits per heavy atom. The van der Waals surface area contributed by atoms with Crippen LogP contribution in [0.25, 0.3) is 0 Å². The van der Waals surface area contributed by atoms with Crippen molar-refractivity contribution < 1.29 is 19.7 Å². The van der Waals surface area contributed by atoms with E-state index in [9.17, 15) is 9.90 Å². The number of carbonyl (C=O) groups is 1. The van der Waals surface area contributed by atoms with Gasteiger partial charge in [0, 0.05) is 23.4 Å². The number of thiophene rings is 1. The molecule has 0 spiro atoms. The summed E-state index contributed by atoms with van der Waals surface area (Å²) < 4.78 is 6.06. The van der Waals surface area contributed by atoms with Gasteiger partial charge in [-0.05, 0) is 80.0 Å². The molecule has 2 atom stereocenters. The summed E-state index contributed by atoms with van der Waals surface area (Å²) in [6, 6.07) is 10.7. The third-order valence-electron chi connectivity index (χ3n) is 6.29. The largest absolute Gasteiger partial charge is 0.481 e. The second-order valence-electron chi connectivity index (χ2n) is 9.60. The Kier molecular flexibility index (Phi) is 8.88. The molecule has 3 rings (SSSR count). The number of hydrogen-bond donors (Lipinski definition) is 3. The van der Waals surface area contributed by atoms with E-state index in [1.54, 1.807) is 11.3 Å². The number of carboxylic acids is 1. The third-order valence-corrected chi connectivity index (χ3v) is 7.34. The maximum Gasteiger partial charge on any atom is 0.303 e. The first kappa shape index (κ1) is 24.9. The van der Waals surface area contributed by atoms with E-state index in [0.717, 1.165) is 36.1 Å². The molecule has 6 heteroatoms. The van der Waals surface area contributed by atoms with Crippen molar-refractivity contribution in [2.75, 3.05) is 13.2 Å². The summed E-state index contributed by atoms with van der Waals surface area (Å²) >= 11 is 1.60. The summed E-state index contributed by atoms with van der Waals surface area (Å²) in [5.41, 5.74) is 3.93. The summed E-state index contributed by atoms with van der Waals surface area (Å²) in [6.07, 6.45) is 4.05. The van der Waals surface area contributed by atoms with E-state index < -0.39 is 12.1 Å². The van der Waals surface area contributed by atoms with Crippen molar-refractivity contribution >= 4 is 17.3 Å². The second-order valence-corrected chi connectivity index (χ2v) is 10.5. The van der Waals surface area contributed by atoms with Crippen LogP contribution in [0.4, 0.5) is 0 Å². The molecule has 0 bridgehead atoms. The third kappa shape index (κ3) is 7.14. The normalized spacial score (nSPS) is 16.1. The molecule has 1 heterocycles. The van der Waals surface area contributed by atoms with Gasteiger partial charge >= 0.3 is 5.97 Å². The molecule has 5 nitrogen and oxygen atoms in total. The SMILES string of the molecule is CCC(OC[C@H](O)CNC(C)(C)CC1Cc2ccccc2C1)c1sccc1CCC(=O)O. The average Bonchev–Trinajstić information content (AvgIpc) is 3.37. The Labute approximate surface area is 195 Å². The predicted molar refractivity (Wildman–Crippen MR) is 129 cm³/mol. The molecule has 1 aromatic heterocycles. The number of hydrogen-bond acceptors (Lipinski definition) is 5. The molecule has 1 aliphatic rings. The van der Waals surface area contributed by atoms with Gasteiger partial charge in [0.2, 0.25) is 0 Å². The lowest BCUT2D eigenvalue weighted by atomic mass is 9.88. The van der Waals surface area contributed by atoms with Crippen LogP contribution in [0.5, 0.6) is 0 Å². The topological polar surface area (TPSA) is 78.8 Å². The van der Waals surface area contributed by atoms with Crippen molar-refractivity contribution in [2.24, 2.45) is 5.92 Å². The minimum absolute atomic E-state index is 0.0599. The smallest absolute Gasteiger partial charge is 0.303 e. The Hall–Kier alpha value is -1.73. The number of aryl methyl sites for hydroxylation is 1. The lowest BCUT2D eigenvalue weighted by molar-refractivity contribution is -0.136. The van der Waals surface area contributed by atoms with E-state index in [4.69, 9.17) is 9.84 Å². The monoisotopic (exact) mass is 459 g/mol. The molecular formula is C26H37NO4S. The van der Waals surface area contributed by atoms with Gasteiger partial charge in [-0.2, -0.15) is 0 Å². The summed E-state index contributed by atoms with van der Waals surface area (Å²) in [6.45, 7) is 7.21. The van der Waals surface area contributed by atoms with Crippen LogP contribution in [0, 0.1) is 5.92 Å². The zero-order chi connectivity index (χ0) is 23.1. The van der Waals surface area contributed by atoms with E-state index in [0.29, 0.717) is 18.9 Å². The van der Waals surface area contributed by atoms with Gasteiger partial charge in [-0.25, -0.2) is 0 Å². The first-order valence-corrected chi connectivity index (χ1v) is 12.5. The number of nitrogens with one attached hydrogen (secondary N) is 1. The van der Waals surface area contributed by atoms with Crippen molar-refractivity contribution in [3.05, 3.63) is 57.3 Å². The van der Waals surface area contributed by atoms with Crippen molar-refractivity contribution in [1.82, 2.24) is 5.32 Å². The van der Waals surface area contributed by atoms with Crippen LogP contribution >= 0.6 is 11.3 Å². The highest BCUT2D eigenvalue weighted by atomic mass is 32.1. The molecule has 0 fully saturated rings. The van der Waals surface area contributed by atoms with Gasteiger partial charge in [-0.1, -0.05) is 31.2 Å².